The van der Waals surface area contributed by atoms with Crippen molar-refractivity contribution in [2.75, 3.05) is 11.9 Å². The summed E-state index contributed by atoms with van der Waals surface area (Å²) < 4.78 is 5.79. The Bertz CT molecular complexity index is 639. The van der Waals surface area contributed by atoms with Crippen LogP contribution < -0.4 is 5.32 Å². The topological polar surface area (TPSA) is 55.4 Å². The second-order valence-corrected chi connectivity index (χ2v) is 6.56. The van der Waals surface area contributed by atoms with E-state index in [1.165, 1.54) is 11.3 Å². The van der Waals surface area contributed by atoms with E-state index >= 15 is 0 Å². The lowest BCUT2D eigenvalue weighted by atomic mass is 10.2. The molecule has 1 N–H and O–H groups in total. The van der Waals surface area contributed by atoms with Gasteiger partial charge in [0, 0.05) is 5.69 Å². The third-order valence-electron chi connectivity index (χ3n) is 2.41. The largest absolute Gasteiger partial charge is 0.451 e. The fraction of sp³-hybridized carbons (Fsp3) is 0.143. The molecule has 2 aromatic rings. The van der Waals surface area contributed by atoms with Gasteiger partial charge < -0.3 is 10.1 Å². The van der Waals surface area contributed by atoms with E-state index in [-0.39, 0.29) is 12.5 Å². The van der Waals surface area contributed by atoms with E-state index in [2.05, 4.69) is 21.2 Å². The number of thiophene rings is 1. The van der Waals surface area contributed by atoms with Crippen LogP contribution in [0.15, 0.2) is 40.2 Å². The third-order valence-corrected chi connectivity index (χ3v) is 4.01. The molecule has 0 radical (unpaired) electrons. The van der Waals surface area contributed by atoms with Gasteiger partial charge in [-0.3, -0.25) is 4.79 Å². The molecule has 2 rings (SSSR count). The first-order valence-corrected chi connectivity index (χ1v) is 7.44. The van der Waals surface area contributed by atoms with Gasteiger partial charge in [-0.1, -0.05) is 12.1 Å². The monoisotopic (exact) mass is 353 g/mol. The number of hydrogen-bond donors (Lipinski definition) is 1. The van der Waals surface area contributed by atoms with Gasteiger partial charge in [0.15, 0.2) is 6.61 Å². The summed E-state index contributed by atoms with van der Waals surface area (Å²) in [5.41, 5.74) is 1.73. The standard InChI is InChI=1S/C14H12BrNO3S/c1-9-3-2-4-10(7-9)16-13(17)8-19-14(18)11-5-6-12(15)20-11/h2-7H,8H2,1H3,(H,16,17). The molecule has 0 spiro atoms. The molecule has 4 nitrogen and oxygen atoms in total. The molecular weight excluding hydrogens is 342 g/mol. The molecule has 1 aromatic carbocycles. The van der Waals surface area contributed by atoms with Gasteiger partial charge in [0.25, 0.3) is 5.91 Å². The number of carbonyl (C=O) groups excluding carboxylic acids is 2. The summed E-state index contributed by atoms with van der Waals surface area (Å²) in [6, 6.07) is 10.8. The van der Waals surface area contributed by atoms with E-state index in [1.54, 1.807) is 18.2 Å². The molecule has 6 heteroatoms. The number of anilines is 1. The predicted molar refractivity (Wildman–Crippen MR) is 82.1 cm³/mol. The van der Waals surface area contributed by atoms with Crippen molar-refractivity contribution in [2.24, 2.45) is 0 Å². The van der Waals surface area contributed by atoms with E-state index in [0.29, 0.717) is 10.6 Å². The molecule has 0 fully saturated rings. The van der Waals surface area contributed by atoms with Crippen molar-refractivity contribution in [3.05, 3.63) is 50.6 Å². The van der Waals surface area contributed by atoms with Gasteiger partial charge >= 0.3 is 5.97 Å². The van der Waals surface area contributed by atoms with Crippen molar-refractivity contribution in [3.63, 3.8) is 0 Å². The highest BCUT2D eigenvalue weighted by molar-refractivity contribution is 9.11. The Morgan fingerprint density at radius 1 is 1.30 bits per heavy atom. The van der Waals surface area contributed by atoms with E-state index in [0.717, 1.165) is 9.35 Å². The predicted octanol–water partition coefficient (Wildman–Crippen LogP) is 3.61. The summed E-state index contributed by atoms with van der Waals surface area (Å²) >= 11 is 4.53. The first-order valence-electron chi connectivity index (χ1n) is 5.83. The quantitative estimate of drug-likeness (QED) is 0.854. The third kappa shape index (κ3) is 4.18. The Morgan fingerprint density at radius 3 is 2.75 bits per heavy atom. The molecule has 0 unspecified atom stereocenters. The molecule has 0 saturated carbocycles. The fourth-order valence-electron chi connectivity index (χ4n) is 1.55. The molecule has 1 heterocycles. The number of rotatable bonds is 4. The second-order valence-electron chi connectivity index (χ2n) is 4.10. The second kappa shape index (κ2) is 6.67. The van der Waals surface area contributed by atoms with Gasteiger partial charge in [-0.05, 0) is 52.7 Å². The molecule has 0 aliphatic rings. The summed E-state index contributed by atoms with van der Waals surface area (Å²) in [6.07, 6.45) is 0. The molecule has 0 aliphatic heterocycles. The zero-order valence-electron chi connectivity index (χ0n) is 10.7. The molecule has 1 aromatic heterocycles. The number of aryl methyl sites for hydroxylation is 1. The van der Waals surface area contributed by atoms with Crippen molar-refractivity contribution in [1.82, 2.24) is 0 Å². The Hall–Kier alpha value is -1.66. The lowest BCUT2D eigenvalue weighted by Crippen LogP contribution is -2.20. The van der Waals surface area contributed by atoms with Gasteiger partial charge in [-0.15, -0.1) is 11.3 Å². The molecule has 0 bridgehead atoms. The Kier molecular flexibility index (Phi) is 4.92. The van der Waals surface area contributed by atoms with Crippen molar-refractivity contribution in [3.8, 4) is 0 Å². The lowest BCUT2D eigenvalue weighted by molar-refractivity contribution is -0.119. The lowest BCUT2D eigenvalue weighted by Gasteiger charge is -2.06. The average molecular weight is 354 g/mol. The maximum Gasteiger partial charge on any atom is 0.348 e. The van der Waals surface area contributed by atoms with Gasteiger partial charge in [0.05, 0.1) is 3.79 Å². The summed E-state index contributed by atoms with van der Waals surface area (Å²) in [4.78, 5) is 23.8. The molecule has 20 heavy (non-hydrogen) atoms. The van der Waals surface area contributed by atoms with Crippen LogP contribution in [0.1, 0.15) is 15.2 Å². The number of benzene rings is 1. The minimum absolute atomic E-state index is 0.303. The zero-order chi connectivity index (χ0) is 14.5. The fourth-order valence-corrected chi connectivity index (χ4v) is 2.83. The number of carbonyl (C=O) groups is 2. The van der Waals surface area contributed by atoms with E-state index in [4.69, 9.17) is 4.74 Å². The van der Waals surface area contributed by atoms with Gasteiger partial charge in [-0.2, -0.15) is 0 Å². The maximum atomic E-state index is 11.7. The normalized spacial score (nSPS) is 10.1. The number of ether oxygens (including phenoxy) is 1. The maximum absolute atomic E-state index is 11.7. The minimum atomic E-state index is -0.500. The van der Waals surface area contributed by atoms with Crippen LogP contribution in [0.3, 0.4) is 0 Å². The average Bonchev–Trinajstić information content (AvgIpc) is 2.83. The number of halogens is 1. The van der Waals surface area contributed by atoms with Crippen LogP contribution in [-0.4, -0.2) is 18.5 Å². The molecule has 0 atom stereocenters. The Balaban J connectivity index is 1.85. The highest BCUT2D eigenvalue weighted by Gasteiger charge is 2.12. The van der Waals surface area contributed by atoms with Gasteiger partial charge in [-0.25, -0.2) is 4.79 Å². The number of esters is 1. The van der Waals surface area contributed by atoms with Crippen LogP contribution in [0.25, 0.3) is 0 Å². The summed E-state index contributed by atoms with van der Waals surface area (Å²) in [5.74, 6) is -0.861. The van der Waals surface area contributed by atoms with E-state index in [1.807, 2.05) is 25.1 Å². The minimum Gasteiger partial charge on any atom is -0.451 e. The summed E-state index contributed by atoms with van der Waals surface area (Å²) in [6.45, 7) is 1.63. The first-order chi connectivity index (χ1) is 9.54. The number of hydrogen-bond acceptors (Lipinski definition) is 4. The van der Waals surface area contributed by atoms with Crippen LogP contribution in [0, 0.1) is 6.92 Å². The van der Waals surface area contributed by atoms with Crippen molar-refractivity contribution < 1.29 is 14.3 Å². The summed E-state index contributed by atoms with van der Waals surface area (Å²) in [7, 11) is 0. The molecule has 1 amide bonds. The van der Waals surface area contributed by atoms with Gasteiger partial charge in [0.1, 0.15) is 4.88 Å². The highest BCUT2D eigenvalue weighted by atomic mass is 79.9. The molecule has 104 valence electrons. The van der Waals surface area contributed by atoms with E-state index < -0.39 is 5.97 Å². The molecule has 0 saturated heterocycles. The Morgan fingerprint density at radius 2 is 2.10 bits per heavy atom. The van der Waals surface area contributed by atoms with Crippen LogP contribution in [0.5, 0.6) is 0 Å². The molecule has 0 aliphatic carbocycles. The van der Waals surface area contributed by atoms with Crippen LogP contribution in [-0.2, 0) is 9.53 Å². The van der Waals surface area contributed by atoms with Gasteiger partial charge in [0.2, 0.25) is 0 Å². The highest BCUT2D eigenvalue weighted by Crippen LogP contribution is 2.22. The van der Waals surface area contributed by atoms with Crippen LogP contribution in [0.2, 0.25) is 0 Å². The Labute approximate surface area is 128 Å². The van der Waals surface area contributed by atoms with Crippen molar-refractivity contribution in [2.45, 2.75) is 6.92 Å². The number of nitrogens with one attached hydrogen (secondary N) is 1. The zero-order valence-corrected chi connectivity index (χ0v) is 13.1. The van der Waals surface area contributed by atoms with Crippen LogP contribution in [0.4, 0.5) is 5.69 Å². The van der Waals surface area contributed by atoms with Crippen molar-refractivity contribution in [1.29, 1.82) is 0 Å². The molecular formula is C14H12BrNO3S. The SMILES string of the molecule is Cc1cccc(NC(=O)COC(=O)c2ccc(Br)s2)c1. The summed E-state index contributed by atoms with van der Waals surface area (Å²) in [5, 5.41) is 2.67. The van der Waals surface area contributed by atoms with Crippen LogP contribution >= 0.6 is 27.3 Å². The smallest absolute Gasteiger partial charge is 0.348 e. The number of amides is 1. The van der Waals surface area contributed by atoms with E-state index in [9.17, 15) is 9.59 Å². The van der Waals surface area contributed by atoms with Crippen molar-refractivity contribution >= 4 is 44.8 Å². The first kappa shape index (κ1) is 14.7.